The molecule has 3 amide bonds. The number of halogens is 1. The van der Waals surface area contributed by atoms with Crippen molar-refractivity contribution in [3.05, 3.63) is 81.7 Å². The highest BCUT2D eigenvalue weighted by Crippen LogP contribution is 2.41. The molecule has 5 heterocycles. The van der Waals surface area contributed by atoms with Crippen LogP contribution in [-0.4, -0.2) is 99.8 Å². The second-order valence-corrected chi connectivity index (χ2v) is 17.4. The van der Waals surface area contributed by atoms with Gasteiger partial charge in [0.2, 0.25) is 11.6 Å². The number of ether oxygens (including phenoxy) is 3. The number of thioether (sulfide) groups is 1. The number of ketones is 1. The monoisotopic (exact) mass is 892 g/mol. The van der Waals surface area contributed by atoms with Crippen LogP contribution in [0.15, 0.2) is 71.3 Å². The molecule has 2 N–H and O–H groups in total. The fraction of sp³-hybridized carbons (Fsp3) is 0.359. The minimum absolute atomic E-state index is 0.0171. The standard InChI is InChI=1S/C39H39BClN7O11S2/c1-20(49)16-47-15-13-26-25(47)8-7-14-46(26)17-23-19-60-34-29(33(51)48(34)30(23)36(53)56-18-22-9-11-24(55-6)12-10-22)42-32(50)28(45-59-21(2)35(52)58-40)27-31(41)61-37(43-27)44-38(54)57-39(3,4)5/h7-15,21,29,34H,16-19H2,1-6H3,(H-,42,43,44,50,54)/p+1/b45-28+/t21-,29?,34?/m0/s1. The number of benzene rings is 1. The van der Waals surface area contributed by atoms with Crippen LogP contribution in [0.2, 0.25) is 4.34 Å². The van der Waals surface area contributed by atoms with E-state index >= 15 is 0 Å². The number of rotatable bonds is 15. The van der Waals surface area contributed by atoms with Gasteiger partial charge in [0.05, 0.1) is 13.7 Å². The zero-order valence-corrected chi connectivity index (χ0v) is 36.1. The zero-order valence-electron chi connectivity index (χ0n) is 33.8. The molecule has 61 heavy (non-hydrogen) atoms. The smallest absolute Gasteiger partial charge is 0.413 e. The molecule has 2 unspecified atom stereocenters. The number of fused-ring (bicyclic) bond motifs is 2. The number of hydrogen-bond donors (Lipinski definition) is 2. The van der Waals surface area contributed by atoms with Gasteiger partial charge in [-0.05, 0) is 58.4 Å². The molecule has 1 saturated heterocycles. The highest BCUT2D eigenvalue weighted by atomic mass is 35.5. The number of oxime groups is 1. The fourth-order valence-electron chi connectivity index (χ4n) is 6.23. The number of esters is 1. The summed E-state index contributed by atoms with van der Waals surface area (Å²) >= 11 is 8.58. The molecule has 3 atom stereocenters. The van der Waals surface area contributed by atoms with Gasteiger partial charge >= 0.3 is 26.1 Å². The topological polar surface area (TPSA) is 210 Å². The van der Waals surface area contributed by atoms with E-state index in [1.165, 1.54) is 37.6 Å². The summed E-state index contributed by atoms with van der Waals surface area (Å²) in [5, 5.41) is 8.10. The summed E-state index contributed by atoms with van der Waals surface area (Å²) < 4.78 is 24.1. The molecule has 4 aromatic rings. The number of nitrogens with zero attached hydrogens (tertiary/aromatic N) is 5. The van der Waals surface area contributed by atoms with Gasteiger partial charge in [-0.1, -0.05) is 40.2 Å². The molecule has 1 aromatic carbocycles. The summed E-state index contributed by atoms with van der Waals surface area (Å²) in [6.07, 6.45) is 1.42. The Kier molecular flexibility index (Phi) is 13.7. The van der Waals surface area contributed by atoms with Crippen LogP contribution in [0.25, 0.3) is 11.0 Å². The highest BCUT2D eigenvalue weighted by Gasteiger charge is 2.55. The number of β-lactam (4-membered cyclic amide) rings is 1. The third-order valence-electron chi connectivity index (χ3n) is 9.01. The maximum atomic E-state index is 14.1. The van der Waals surface area contributed by atoms with E-state index in [1.807, 2.05) is 39.7 Å². The molecule has 22 heteroatoms. The molecule has 2 aliphatic heterocycles. The average molecular weight is 893 g/mol. The number of hydrogen-bond acceptors (Lipinski definition) is 15. The summed E-state index contributed by atoms with van der Waals surface area (Å²) in [5.74, 6) is -2.53. The van der Waals surface area contributed by atoms with Crippen molar-refractivity contribution in [3.63, 3.8) is 0 Å². The summed E-state index contributed by atoms with van der Waals surface area (Å²) in [6.45, 7) is 8.04. The van der Waals surface area contributed by atoms with Crippen LogP contribution in [-0.2, 0) is 62.6 Å². The predicted molar refractivity (Wildman–Crippen MR) is 224 cm³/mol. The number of amides is 3. The van der Waals surface area contributed by atoms with E-state index in [0.717, 1.165) is 22.4 Å². The van der Waals surface area contributed by atoms with E-state index in [-0.39, 0.29) is 52.1 Å². The summed E-state index contributed by atoms with van der Waals surface area (Å²) in [6, 6.07) is 11.3. The lowest BCUT2D eigenvalue weighted by Gasteiger charge is -2.49. The largest absolute Gasteiger partial charge is 0.541 e. The van der Waals surface area contributed by atoms with Crippen molar-refractivity contribution < 1.29 is 57.0 Å². The lowest BCUT2D eigenvalue weighted by molar-refractivity contribution is -0.663. The lowest BCUT2D eigenvalue weighted by atomic mass is 10.0. The molecule has 0 aliphatic carbocycles. The first kappa shape index (κ1) is 44.6. The van der Waals surface area contributed by atoms with Gasteiger partial charge in [-0.25, -0.2) is 19.4 Å². The van der Waals surface area contributed by atoms with Gasteiger partial charge in [0.25, 0.3) is 11.8 Å². The molecule has 18 nitrogen and oxygen atoms in total. The average Bonchev–Trinajstić information content (AvgIpc) is 3.79. The van der Waals surface area contributed by atoms with Crippen molar-refractivity contribution in [1.82, 2.24) is 19.8 Å². The quantitative estimate of drug-likeness (QED) is 0.0435. The number of nitrogens with one attached hydrogen (secondary N) is 2. The van der Waals surface area contributed by atoms with Crippen molar-refractivity contribution in [2.45, 2.75) is 77.4 Å². The molecule has 6 rings (SSSR count). The number of Topliss-reactive ketones (excluding diaryl/α,β-unsaturated/α-hetero) is 1. The maximum Gasteiger partial charge on any atom is 0.413 e. The van der Waals surface area contributed by atoms with E-state index in [2.05, 4.69) is 25.4 Å². The molecule has 0 saturated carbocycles. The molecule has 1 fully saturated rings. The van der Waals surface area contributed by atoms with Crippen molar-refractivity contribution in [1.29, 1.82) is 0 Å². The van der Waals surface area contributed by atoms with Crippen LogP contribution in [0.4, 0.5) is 9.93 Å². The Balaban J connectivity index is 1.28. The molecule has 2 aliphatic rings. The Morgan fingerprint density at radius 1 is 1.13 bits per heavy atom. The number of carbonyl (C=O) groups is 6. The molecule has 318 valence electrons. The molecule has 0 bridgehead atoms. The van der Waals surface area contributed by atoms with Crippen LogP contribution in [0.3, 0.4) is 0 Å². The molecule has 3 aromatic heterocycles. The van der Waals surface area contributed by atoms with Crippen molar-refractivity contribution in [3.8, 4) is 5.75 Å². The van der Waals surface area contributed by atoms with Gasteiger partial charge in [0.15, 0.2) is 23.6 Å². The van der Waals surface area contributed by atoms with Crippen LogP contribution >= 0.6 is 34.7 Å². The summed E-state index contributed by atoms with van der Waals surface area (Å²) in [5.41, 5.74) is 1.23. The number of methoxy groups -OCH3 is 1. The first-order valence-electron chi connectivity index (χ1n) is 18.5. The number of thiazole rings is 1. The summed E-state index contributed by atoms with van der Waals surface area (Å²) in [7, 11) is 6.52. The predicted octanol–water partition coefficient (Wildman–Crippen LogP) is 3.82. The third-order valence-corrected chi connectivity index (χ3v) is 11.5. The van der Waals surface area contributed by atoms with E-state index in [9.17, 15) is 28.8 Å². The molecular weight excluding hydrogens is 853 g/mol. The Bertz CT molecular complexity index is 2450. The fourth-order valence-corrected chi connectivity index (χ4v) is 8.60. The number of aromatic nitrogens is 3. The zero-order chi connectivity index (χ0) is 44.2. The van der Waals surface area contributed by atoms with Crippen molar-refractivity contribution >= 4 is 100 Å². The highest BCUT2D eigenvalue weighted by molar-refractivity contribution is 8.00. The van der Waals surface area contributed by atoms with Crippen LogP contribution in [0.1, 0.15) is 45.9 Å². The number of carbonyl (C=O) groups excluding carboxylic acids is 6. The van der Waals surface area contributed by atoms with E-state index < -0.39 is 58.7 Å². The van der Waals surface area contributed by atoms with Crippen molar-refractivity contribution in [2.75, 3.05) is 18.2 Å². The molecular formula is C39H40BClN7O11S2+. The third kappa shape index (κ3) is 10.3. The van der Waals surface area contributed by atoms with E-state index in [4.69, 9.17) is 38.7 Å². The maximum absolute atomic E-state index is 14.1. The first-order valence-corrected chi connectivity index (χ1v) is 20.8. The van der Waals surface area contributed by atoms with Gasteiger partial charge in [0.1, 0.15) is 56.4 Å². The Morgan fingerprint density at radius 2 is 1.87 bits per heavy atom. The lowest BCUT2D eigenvalue weighted by Crippen LogP contribution is -2.71. The van der Waals surface area contributed by atoms with Gasteiger partial charge < -0.3 is 33.6 Å². The van der Waals surface area contributed by atoms with Crippen LogP contribution in [0, 0.1) is 0 Å². The van der Waals surface area contributed by atoms with Gasteiger partial charge in [0, 0.05) is 29.7 Å². The molecule has 0 spiro atoms. The second kappa shape index (κ2) is 18.8. The van der Waals surface area contributed by atoms with E-state index in [1.54, 1.807) is 45.0 Å². The Labute approximate surface area is 363 Å². The number of anilines is 1. The van der Waals surface area contributed by atoms with Crippen molar-refractivity contribution in [2.24, 2.45) is 5.16 Å². The summed E-state index contributed by atoms with van der Waals surface area (Å²) in [4.78, 5) is 89.4. The first-order chi connectivity index (χ1) is 29.0. The SMILES string of the molecule is [B]OC(=O)[C@H](C)O/N=C(/C(=O)NC1C(=O)N2C(C(=O)OCc3ccc(OC)cc3)=C(C[n+]3cccc4c3ccn4CC(C)=O)CSC12)c1nc(NC(=O)OC(C)(C)C)sc1Cl. The van der Waals surface area contributed by atoms with Gasteiger partial charge in [-0.2, -0.15) is 4.57 Å². The van der Waals surface area contributed by atoms with Crippen LogP contribution < -0.4 is 19.9 Å². The minimum Gasteiger partial charge on any atom is -0.541 e. The van der Waals surface area contributed by atoms with Crippen LogP contribution in [0.5, 0.6) is 5.75 Å². The normalized spacial score (nSPS) is 16.9. The minimum atomic E-state index is -1.38. The second-order valence-electron chi connectivity index (χ2n) is 14.7. The Morgan fingerprint density at radius 3 is 2.54 bits per heavy atom. The number of pyridine rings is 1. The van der Waals surface area contributed by atoms with Gasteiger partial charge in [-0.3, -0.25) is 24.6 Å². The molecule has 2 radical (unpaired) electrons. The van der Waals surface area contributed by atoms with Gasteiger partial charge in [-0.15, -0.1) is 11.8 Å². The Hall–Kier alpha value is -5.93. The van der Waals surface area contributed by atoms with E-state index in [0.29, 0.717) is 16.9 Å².